The molecule has 3 aromatic heterocycles. The van der Waals surface area contributed by atoms with Gasteiger partial charge in [0.15, 0.2) is 11.5 Å². The second-order valence-corrected chi connectivity index (χ2v) is 5.71. The van der Waals surface area contributed by atoms with Crippen molar-refractivity contribution >= 4 is 22.9 Å². The molecular formula is C16H11N5OS. The van der Waals surface area contributed by atoms with E-state index < -0.39 is 5.91 Å². The van der Waals surface area contributed by atoms with Gasteiger partial charge in [0.25, 0.3) is 0 Å². The molecule has 4 aromatic rings. The van der Waals surface area contributed by atoms with Crippen LogP contribution in [0.5, 0.6) is 0 Å². The monoisotopic (exact) mass is 321 g/mol. The molecule has 6 nitrogen and oxygen atoms in total. The molecule has 0 radical (unpaired) electrons. The minimum absolute atomic E-state index is 0.444. The number of rotatable bonds is 3. The second-order valence-electron chi connectivity index (χ2n) is 4.99. The van der Waals surface area contributed by atoms with Crippen molar-refractivity contribution in [3.63, 3.8) is 0 Å². The van der Waals surface area contributed by atoms with Crippen molar-refractivity contribution in [1.29, 1.82) is 0 Å². The van der Waals surface area contributed by atoms with Crippen LogP contribution in [0.1, 0.15) is 10.4 Å². The van der Waals surface area contributed by atoms with Gasteiger partial charge in [-0.25, -0.2) is 4.98 Å². The number of hydrogen-bond acceptors (Lipinski definition) is 5. The van der Waals surface area contributed by atoms with E-state index in [9.17, 15) is 4.79 Å². The van der Waals surface area contributed by atoms with Crippen molar-refractivity contribution in [1.82, 2.24) is 19.6 Å². The van der Waals surface area contributed by atoms with Crippen molar-refractivity contribution in [2.24, 2.45) is 5.73 Å². The number of carbonyl (C=O) groups excluding carboxylic acids is 1. The lowest BCUT2D eigenvalue weighted by atomic mass is 10.0. The summed E-state index contributed by atoms with van der Waals surface area (Å²) in [7, 11) is 0. The summed E-state index contributed by atoms with van der Waals surface area (Å²) >= 11 is 1.51. The van der Waals surface area contributed by atoms with Crippen LogP contribution < -0.4 is 5.73 Å². The first-order valence-electron chi connectivity index (χ1n) is 6.86. The lowest BCUT2D eigenvalue weighted by Gasteiger charge is -2.05. The molecule has 112 valence electrons. The molecule has 0 aliphatic rings. The van der Waals surface area contributed by atoms with Crippen LogP contribution in [0.15, 0.2) is 53.5 Å². The number of carbonyl (C=O) groups is 1. The molecule has 0 fully saturated rings. The van der Waals surface area contributed by atoms with Crippen LogP contribution in [0.2, 0.25) is 0 Å². The van der Waals surface area contributed by atoms with E-state index in [1.54, 1.807) is 17.6 Å². The van der Waals surface area contributed by atoms with Crippen LogP contribution in [0, 0.1) is 0 Å². The van der Waals surface area contributed by atoms with E-state index in [1.807, 2.05) is 40.2 Å². The molecule has 0 spiro atoms. The SMILES string of the molecule is NC(=O)c1cccc(-c2ccc3nnc(-c4cscn4)n3c2)c1. The fourth-order valence-electron chi connectivity index (χ4n) is 2.41. The third kappa shape index (κ3) is 2.36. The van der Waals surface area contributed by atoms with Gasteiger partial charge in [-0.3, -0.25) is 9.20 Å². The van der Waals surface area contributed by atoms with Gasteiger partial charge in [-0.15, -0.1) is 21.5 Å². The van der Waals surface area contributed by atoms with Crippen LogP contribution in [0.4, 0.5) is 0 Å². The Hall–Kier alpha value is -3.06. The van der Waals surface area contributed by atoms with Gasteiger partial charge in [-0.1, -0.05) is 12.1 Å². The molecule has 7 heteroatoms. The zero-order valence-corrected chi connectivity index (χ0v) is 12.7. The number of aromatic nitrogens is 4. The maximum atomic E-state index is 11.4. The summed E-state index contributed by atoms with van der Waals surface area (Å²) in [6.45, 7) is 0. The number of primary amides is 1. The van der Waals surface area contributed by atoms with Crippen molar-refractivity contribution in [3.05, 3.63) is 59.0 Å². The zero-order chi connectivity index (χ0) is 15.8. The molecule has 0 aliphatic heterocycles. The van der Waals surface area contributed by atoms with E-state index in [0.717, 1.165) is 22.5 Å². The largest absolute Gasteiger partial charge is 0.366 e. The summed E-state index contributed by atoms with van der Waals surface area (Å²) in [5.74, 6) is 0.245. The molecule has 0 atom stereocenters. The smallest absolute Gasteiger partial charge is 0.248 e. The van der Waals surface area contributed by atoms with E-state index in [-0.39, 0.29) is 0 Å². The molecule has 0 unspecified atom stereocenters. The number of benzene rings is 1. The van der Waals surface area contributed by atoms with Crippen molar-refractivity contribution in [2.75, 3.05) is 0 Å². The number of fused-ring (bicyclic) bond motifs is 1. The minimum atomic E-state index is -0.444. The highest BCUT2D eigenvalue weighted by molar-refractivity contribution is 7.07. The number of thiazole rings is 1. The first kappa shape index (κ1) is 13.6. The number of pyridine rings is 1. The number of hydrogen-bond donors (Lipinski definition) is 1. The maximum absolute atomic E-state index is 11.4. The summed E-state index contributed by atoms with van der Waals surface area (Å²) in [5.41, 5.74) is 11.0. The Bertz CT molecular complexity index is 1010. The molecule has 4 rings (SSSR count). The van der Waals surface area contributed by atoms with E-state index >= 15 is 0 Å². The highest BCUT2D eigenvalue weighted by Crippen LogP contribution is 2.24. The van der Waals surface area contributed by atoms with Gasteiger partial charge in [-0.05, 0) is 35.4 Å². The van der Waals surface area contributed by atoms with E-state index in [4.69, 9.17) is 5.73 Å². The van der Waals surface area contributed by atoms with Gasteiger partial charge in [0.1, 0.15) is 5.69 Å². The number of amides is 1. The molecule has 23 heavy (non-hydrogen) atoms. The van der Waals surface area contributed by atoms with Crippen LogP contribution in [0.3, 0.4) is 0 Å². The molecule has 1 amide bonds. The normalized spacial score (nSPS) is 11.0. The molecule has 1 aromatic carbocycles. The number of nitrogens with zero attached hydrogens (tertiary/aromatic N) is 4. The minimum Gasteiger partial charge on any atom is -0.366 e. The highest BCUT2D eigenvalue weighted by Gasteiger charge is 2.11. The average molecular weight is 321 g/mol. The summed E-state index contributed by atoms with van der Waals surface area (Å²) < 4.78 is 1.89. The summed E-state index contributed by atoms with van der Waals surface area (Å²) in [6.07, 6.45) is 1.93. The molecule has 0 bridgehead atoms. The van der Waals surface area contributed by atoms with Gasteiger partial charge in [0.2, 0.25) is 5.91 Å². The number of nitrogens with two attached hydrogens (primary N) is 1. The third-order valence-electron chi connectivity index (χ3n) is 3.54. The fraction of sp³-hybridized carbons (Fsp3) is 0. The Labute approximate surface area is 135 Å². The average Bonchev–Trinajstić information content (AvgIpc) is 3.23. The van der Waals surface area contributed by atoms with Gasteiger partial charge >= 0.3 is 0 Å². The van der Waals surface area contributed by atoms with Crippen molar-refractivity contribution < 1.29 is 4.79 Å². The Kier molecular flexibility index (Phi) is 3.13. The Morgan fingerprint density at radius 1 is 1.13 bits per heavy atom. The quantitative estimate of drug-likeness (QED) is 0.628. The first-order valence-corrected chi connectivity index (χ1v) is 7.80. The second kappa shape index (κ2) is 5.29. The summed E-state index contributed by atoms with van der Waals surface area (Å²) in [4.78, 5) is 15.6. The Morgan fingerprint density at radius 2 is 2.04 bits per heavy atom. The molecule has 2 N–H and O–H groups in total. The van der Waals surface area contributed by atoms with Crippen LogP contribution in [-0.2, 0) is 0 Å². The van der Waals surface area contributed by atoms with Crippen molar-refractivity contribution in [2.45, 2.75) is 0 Å². The zero-order valence-electron chi connectivity index (χ0n) is 11.9. The Morgan fingerprint density at radius 3 is 2.83 bits per heavy atom. The van der Waals surface area contributed by atoms with E-state index in [2.05, 4.69) is 15.2 Å². The molecule has 0 saturated heterocycles. The van der Waals surface area contributed by atoms with Gasteiger partial charge < -0.3 is 5.73 Å². The van der Waals surface area contributed by atoms with Crippen LogP contribution in [-0.4, -0.2) is 25.5 Å². The maximum Gasteiger partial charge on any atom is 0.248 e. The van der Waals surface area contributed by atoms with E-state index in [1.165, 1.54) is 11.3 Å². The Balaban J connectivity index is 1.87. The summed E-state index contributed by atoms with van der Waals surface area (Å²) in [5, 5.41) is 10.3. The highest BCUT2D eigenvalue weighted by atomic mass is 32.1. The van der Waals surface area contributed by atoms with Crippen LogP contribution in [0.25, 0.3) is 28.3 Å². The van der Waals surface area contributed by atoms with Gasteiger partial charge in [0, 0.05) is 17.1 Å². The van der Waals surface area contributed by atoms with E-state index in [0.29, 0.717) is 11.4 Å². The topological polar surface area (TPSA) is 86.2 Å². The lowest BCUT2D eigenvalue weighted by molar-refractivity contribution is 0.100. The predicted octanol–water partition coefficient (Wildman–Crippen LogP) is 2.62. The van der Waals surface area contributed by atoms with Gasteiger partial charge in [0.05, 0.1) is 5.51 Å². The van der Waals surface area contributed by atoms with Gasteiger partial charge in [-0.2, -0.15) is 0 Å². The molecule has 0 aliphatic carbocycles. The lowest BCUT2D eigenvalue weighted by Crippen LogP contribution is -2.10. The molecular weight excluding hydrogens is 310 g/mol. The first-order chi connectivity index (χ1) is 11.2. The summed E-state index contributed by atoms with van der Waals surface area (Å²) in [6, 6.07) is 11.0. The predicted molar refractivity (Wildman–Crippen MR) is 88.0 cm³/mol. The fourth-order valence-corrected chi connectivity index (χ4v) is 2.94. The van der Waals surface area contributed by atoms with Crippen molar-refractivity contribution in [3.8, 4) is 22.6 Å². The third-order valence-corrected chi connectivity index (χ3v) is 4.13. The van der Waals surface area contributed by atoms with Crippen LogP contribution >= 0.6 is 11.3 Å². The molecule has 0 saturated carbocycles. The standard InChI is InChI=1S/C16H11N5OS/c17-15(22)11-3-1-2-10(6-11)12-4-5-14-19-20-16(21(14)7-12)13-8-23-9-18-13/h1-9H,(H2,17,22). The molecule has 3 heterocycles.